The summed E-state index contributed by atoms with van der Waals surface area (Å²) in [4.78, 5) is 12.3. The van der Waals surface area contributed by atoms with Gasteiger partial charge in [0.2, 0.25) is 5.91 Å². The van der Waals surface area contributed by atoms with E-state index in [0.717, 1.165) is 25.7 Å². The molecule has 104 valence electrons. The second-order valence-electron chi connectivity index (χ2n) is 4.89. The minimum Gasteiger partial charge on any atom is -0.495 e. The molecule has 3 N–H and O–H groups in total. The Morgan fingerprint density at radius 3 is 2.84 bits per heavy atom. The first-order valence-corrected chi connectivity index (χ1v) is 6.89. The molecule has 0 aromatic heterocycles. The number of methoxy groups -OCH3 is 1. The van der Waals surface area contributed by atoms with E-state index in [4.69, 9.17) is 22.1 Å². The zero-order valence-corrected chi connectivity index (χ0v) is 11.7. The summed E-state index contributed by atoms with van der Waals surface area (Å²) < 4.78 is 5.21. The van der Waals surface area contributed by atoms with E-state index in [9.17, 15) is 4.79 Å². The van der Waals surface area contributed by atoms with Gasteiger partial charge in [-0.3, -0.25) is 4.79 Å². The molecule has 0 aliphatic heterocycles. The summed E-state index contributed by atoms with van der Waals surface area (Å²) in [6.45, 7) is 0. The van der Waals surface area contributed by atoms with Crippen LogP contribution in [0.4, 0.5) is 5.69 Å². The lowest BCUT2D eigenvalue weighted by molar-refractivity contribution is -0.121. The Kier molecular flexibility index (Phi) is 4.66. The highest BCUT2D eigenvalue weighted by Gasteiger charge is 2.28. The van der Waals surface area contributed by atoms with Gasteiger partial charge in [0.05, 0.1) is 18.7 Å². The normalized spacial score (nSPS) is 22.9. The Balaban J connectivity index is 2.11. The van der Waals surface area contributed by atoms with Gasteiger partial charge >= 0.3 is 0 Å². The molecule has 0 saturated heterocycles. The maximum Gasteiger partial charge on any atom is 0.229 e. The van der Waals surface area contributed by atoms with Gasteiger partial charge in [-0.25, -0.2) is 0 Å². The van der Waals surface area contributed by atoms with E-state index in [2.05, 4.69) is 5.32 Å². The van der Waals surface area contributed by atoms with Gasteiger partial charge in [0.15, 0.2) is 0 Å². The molecule has 1 aliphatic rings. The molecular formula is C14H19ClN2O2. The fourth-order valence-corrected chi connectivity index (χ4v) is 2.66. The van der Waals surface area contributed by atoms with Crippen LogP contribution >= 0.6 is 11.6 Å². The largest absolute Gasteiger partial charge is 0.495 e. The molecule has 0 spiro atoms. The van der Waals surface area contributed by atoms with Crippen LogP contribution in [0.2, 0.25) is 5.02 Å². The van der Waals surface area contributed by atoms with Crippen molar-refractivity contribution in [3.63, 3.8) is 0 Å². The molecule has 5 heteroatoms. The number of benzene rings is 1. The Labute approximate surface area is 118 Å². The number of halogens is 1. The second-order valence-corrected chi connectivity index (χ2v) is 5.33. The average Bonchev–Trinajstić information content (AvgIpc) is 2.39. The van der Waals surface area contributed by atoms with Crippen molar-refractivity contribution in [1.82, 2.24) is 0 Å². The van der Waals surface area contributed by atoms with E-state index < -0.39 is 0 Å². The zero-order chi connectivity index (χ0) is 13.8. The highest BCUT2D eigenvalue weighted by molar-refractivity contribution is 6.31. The van der Waals surface area contributed by atoms with Crippen molar-refractivity contribution in [1.29, 1.82) is 0 Å². The molecule has 0 radical (unpaired) electrons. The minimum absolute atomic E-state index is 0.0484. The first kappa shape index (κ1) is 14.2. The van der Waals surface area contributed by atoms with Crippen molar-refractivity contribution < 1.29 is 9.53 Å². The number of nitrogens with one attached hydrogen (secondary N) is 1. The fraction of sp³-hybridized carbons (Fsp3) is 0.500. The highest BCUT2D eigenvalue weighted by atomic mass is 35.5. The van der Waals surface area contributed by atoms with Gasteiger partial charge in [-0.1, -0.05) is 24.4 Å². The minimum atomic E-state index is -0.127. The molecule has 2 atom stereocenters. The highest BCUT2D eigenvalue weighted by Crippen LogP contribution is 2.30. The number of hydrogen-bond donors (Lipinski definition) is 2. The lowest BCUT2D eigenvalue weighted by atomic mass is 9.84. The van der Waals surface area contributed by atoms with Crippen LogP contribution in [0.5, 0.6) is 5.75 Å². The molecule has 1 aromatic rings. The van der Waals surface area contributed by atoms with Crippen LogP contribution in [-0.2, 0) is 4.79 Å². The van der Waals surface area contributed by atoms with Gasteiger partial charge < -0.3 is 15.8 Å². The Bertz CT molecular complexity index is 465. The van der Waals surface area contributed by atoms with Crippen LogP contribution < -0.4 is 15.8 Å². The Morgan fingerprint density at radius 2 is 2.16 bits per heavy atom. The third kappa shape index (κ3) is 3.39. The van der Waals surface area contributed by atoms with E-state index >= 15 is 0 Å². The predicted octanol–water partition coefficient (Wildman–Crippen LogP) is 2.80. The number of carbonyl (C=O) groups is 1. The molecule has 1 aliphatic carbocycles. The van der Waals surface area contributed by atoms with Crippen LogP contribution in [-0.4, -0.2) is 19.1 Å². The van der Waals surface area contributed by atoms with Gasteiger partial charge in [-0.05, 0) is 31.0 Å². The maximum atomic E-state index is 12.3. The van der Waals surface area contributed by atoms with Gasteiger partial charge in [0.25, 0.3) is 0 Å². The summed E-state index contributed by atoms with van der Waals surface area (Å²) in [6.07, 6.45) is 3.91. The van der Waals surface area contributed by atoms with Crippen molar-refractivity contribution in [3.8, 4) is 5.75 Å². The molecular weight excluding hydrogens is 264 g/mol. The van der Waals surface area contributed by atoms with Crippen molar-refractivity contribution in [3.05, 3.63) is 23.2 Å². The number of anilines is 1. The smallest absolute Gasteiger partial charge is 0.229 e. The Morgan fingerprint density at radius 1 is 1.42 bits per heavy atom. The van der Waals surface area contributed by atoms with Gasteiger partial charge in [-0.15, -0.1) is 0 Å². The third-order valence-electron chi connectivity index (χ3n) is 3.58. The molecule has 0 bridgehead atoms. The number of rotatable bonds is 3. The number of amides is 1. The van der Waals surface area contributed by atoms with E-state index in [0.29, 0.717) is 16.5 Å². The quantitative estimate of drug-likeness (QED) is 0.896. The molecule has 2 unspecified atom stereocenters. The average molecular weight is 283 g/mol. The molecule has 1 saturated carbocycles. The van der Waals surface area contributed by atoms with E-state index in [1.165, 1.54) is 0 Å². The molecule has 0 heterocycles. The van der Waals surface area contributed by atoms with Crippen molar-refractivity contribution >= 4 is 23.2 Å². The summed E-state index contributed by atoms with van der Waals surface area (Å²) in [5.74, 6) is 0.423. The second kappa shape index (κ2) is 6.26. The van der Waals surface area contributed by atoms with Gasteiger partial charge in [0.1, 0.15) is 5.75 Å². The van der Waals surface area contributed by atoms with E-state index in [-0.39, 0.29) is 17.9 Å². The van der Waals surface area contributed by atoms with Crippen LogP contribution in [0.1, 0.15) is 25.7 Å². The van der Waals surface area contributed by atoms with Crippen molar-refractivity contribution in [2.24, 2.45) is 11.7 Å². The lowest BCUT2D eigenvalue weighted by Gasteiger charge is -2.27. The summed E-state index contributed by atoms with van der Waals surface area (Å²) in [7, 11) is 1.56. The van der Waals surface area contributed by atoms with Crippen LogP contribution in [0.3, 0.4) is 0 Å². The number of nitrogens with two attached hydrogens (primary N) is 1. The van der Waals surface area contributed by atoms with Crippen molar-refractivity contribution in [2.45, 2.75) is 31.7 Å². The molecule has 1 amide bonds. The summed E-state index contributed by atoms with van der Waals surface area (Å²) in [6, 6.07) is 5.09. The van der Waals surface area contributed by atoms with Crippen LogP contribution in [0, 0.1) is 5.92 Å². The molecule has 4 nitrogen and oxygen atoms in total. The Hall–Kier alpha value is -1.26. The SMILES string of the molecule is COc1ccc(Cl)cc1NC(=O)C1CCCCC1N. The molecule has 1 aromatic carbocycles. The summed E-state index contributed by atoms with van der Waals surface area (Å²) >= 11 is 5.94. The standard InChI is InChI=1S/C14H19ClN2O2/c1-19-13-7-6-9(15)8-12(13)17-14(18)10-4-2-3-5-11(10)16/h6-8,10-11H,2-5,16H2,1H3,(H,17,18). The number of hydrogen-bond acceptors (Lipinski definition) is 3. The predicted molar refractivity (Wildman–Crippen MR) is 76.6 cm³/mol. The lowest BCUT2D eigenvalue weighted by Crippen LogP contribution is -2.40. The van der Waals surface area contributed by atoms with Crippen molar-refractivity contribution in [2.75, 3.05) is 12.4 Å². The van der Waals surface area contributed by atoms with E-state index in [1.807, 2.05) is 0 Å². The zero-order valence-electron chi connectivity index (χ0n) is 11.0. The summed E-state index contributed by atoms with van der Waals surface area (Å²) in [5.41, 5.74) is 6.61. The molecule has 19 heavy (non-hydrogen) atoms. The van der Waals surface area contributed by atoms with E-state index in [1.54, 1.807) is 25.3 Å². The first-order chi connectivity index (χ1) is 9.11. The first-order valence-electron chi connectivity index (χ1n) is 6.52. The molecule has 2 rings (SSSR count). The number of carbonyl (C=O) groups excluding carboxylic acids is 1. The number of ether oxygens (including phenoxy) is 1. The van der Waals surface area contributed by atoms with Crippen LogP contribution in [0.15, 0.2) is 18.2 Å². The van der Waals surface area contributed by atoms with Crippen LogP contribution in [0.25, 0.3) is 0 Å². The van der Waals surface area contributed by atoms with Gasteiger partial charge in [-0.2, -0.15) is 0 Å². The molecule has 1 fully saturated rings. The fourth-order valence-electron chi connectivity index (χ4n) is 2.49. The topological polar surface area (TPSA) is 64.3 Å². The monoisotopic (exact) mass is 282 g/mol. The maximum absolute atomic E-state index is 12.3. The summed E-state index contributed by atoms with van der Waals surface area (Å²) in [5, 5.41) is 3.43. The van der Waals surface area contributed by atoms with Gasteiger partial charge in [0, 0.05) is 11.1 Å². The third-order valence-corrected chi connectivity index (χ3v) is 3.81.